The molecule has 1 aliphatic carbocycles. The Morgan fingerprint density at radius 3 is 2.88 bits per heavy atom. The molecule has 0 aliphatic heterocycles. The first-order chi connectivity index (χ1) is 12.7. The van der Waals surface area contributed by atoms with Gasteiger partial charge in [0.15, 0.2) is 5.96 Å². The summed E-state index contributed by atoms with van der Waals surface area (Å²) in [4.78, 5) is 7.52. The summed E-state index contributed by atoms with van der Waals surface area (Å²) in [7, 11) is 3.55. The monoisotopic (exact) mass is 360 g/mol. The van der Waals surface area contributed by atoms with E-state index in [4.69, 9.17) is 4.74 Å². The Kier molecular flexibility index (Phi) is 6.14. The van der Waals surface area contributed by atoms with E-state index in [0.717, 1.165) is 55.0 Å². The van der Waals surface area contributed by atoms with Gasteiger partial charge in [0, 0.05) is 51.0 Å². The van der Waals surface area contributed by atoms with Crippen molar-refractivity contribution in [2.75, 3.05) is 33.9 Å². The van der Waals surface area contributed by atoms with Crippen molar-refractivity contribution in [3.63, 3.8) is 0 Å². The second-order valence-corrected chi connectivity index (χ2v) is 7.20. The summed E-state index contributed by atoms with van der Waals surface area (Å²) in [6, 6.07) is 4.84. The van der Waals surface area contributed by atoms with Gasteiger partial charge in [0.05, 0.1) is 0 Å². The van der Waals surface area contributed by atoms with E-state index in [2.05, 4.69) is 20.6 Å². The summed E-state index contributed by atoms with van der Waals surface area (Å²) < 4.78 is 18.7. The van der Waals surface area contributed by atoms with Crippen molar-refractivity contribution >= 4 is 16.9 Å². The third kappa shape index (κ3) is 4.36. The molecule has 1 aromatic carbocycles. The number of rotatable bonds is 8. The number of aliphatic imine (C=N–C) groups is 1. The first-order valence-electron chi connectivity index (χ1n) is 9.35. The highest BCUT2D eigenvalue weighted by atomic mass is 19.1. The highest BCUT2D eigenvalue weighted by molar-refractivity contribution is 5.83. The number of aromatic nitrogens is 1. The van der Waals surface area contributed by atoms with E-state index in [1.165, 1.54) is 25.3 Å². The Balaban J connectivity index is 1.49. The number of guanidine groups is 1. The van der Waals surface area contributed by atoms with E-state index in [9.17, 15) is 4.39 Å². The largest absolute Gasteiger partial charge is 0.385 e. The van der Waals surface area contributed by atoms with Crippen molar-refractivity contribution in [3.8, 4) is 0 Å². The number of nitrogens with zero attached hydrogens (tertiary/aromatic N) is 1. The number of H-pyrrole nitrogens is 1. The Morgan fingerprint density at radius 2 is 2.19 bits per heavy atom. The maximum Gasteiger partial charge on any atom is 0.191 e. The van der Waals surface area contributed by atoms with Crippen molar-refractivity contribution in [1.82, 2.24) is 15.6 Å². The van der Waals surface area contributed by atoms with Gasteiger partial charge in [-0.25, -0.2) is 4.39 Å². The fourth-order valence-electron chi connectivity index (χ4n) is 3.68. The van der Waals surface area contributed by atoms with Gasteiger partial charge in [0.2, 0.25) is 0 Å². The minimum absolute atomic E-state index is 0.203. The minimum Gasteiger partial charge on any atom is -0.385 e. The highest BCUT2D eigenvalue weighted by Gasteiger charge is 2.36. The van der Waals surface area contributed by atoms with E-state index in [1.54, 1.807) is 26.3 Å². The Labute approximate surface area is 154 Å². The van der Waals surface area contributed by atoms with Crippen molar-refractivity contribution in [2.24, 2.45) is 10.4 Å². The van der Waals surface area contributed by atoms with Crippen molar-refractivity contribution in [1.29, 1.82) is 0 Å². The maximum absolute atomic E-state index is 13.5. The van der Waals surface area contributed by atoms with Crippen LogP contribution in [0.15, 0.2) is 29.4 Å². The minimum atomic E-state index is -0.203. The van der Waals surface area contributed by atoms with Crippen molar-refractivity contribution in [2.45, 2.75) is 32.1 Å². The van der Waals surface area contributed by atoms with Gasteiger partial charge in [-0.3, -0.25) is 4.99 Å². The van der Waals surface area contributed by atoms with Crippen LogP contribution in [0.1, 0.15) is 31.2 Å². The molecular weight excluding hydrogens is 331 g/mol. The van der Waals surface area contributed by atoms with Crippen LogP contribution in [-0.2, 0) is 11.2 Å². The molecule has 0 atom stereocenters. The molecule has 0 amide bonds. The van der Waals surface area contributed by atoms with Gasteiger partial charge in [-0.15, -0.1) is 0 Å². The summed E-state index contributed by atoms with van der Waals surface area (Å²) in [5, 5.41) is 7.77. The number of halogens is 1. The third-order valence-corrected chi connectivity index (χ3v) is 5.52. The predicted molar refractivity (Wildman–Crippen MR) is 104 cm³/mol. The molecule has 26 heavy (non-hydrogen) atoms. The number of hydrogen-bond acceptors (Lipinski definition) is 2. The Morgan fingerprint density at radius 1 is 1.35 bits per heavy atom. The third-order valence-electron chi connectivity index (χ3n) is 5.52. The molecule has 1 saturated carbocycles. The quantitative estimate of drug-likeness (QED) is 0.500. The van der Waals surface area contributed by atoms with Crippen molar-refractivity contribution in [3.05, 3.63) is 35.8 Å². The first kappa shape index (κ1) is 18.7. The lowest BCUT2D eigenvalue weighted by Gasteiger charge is -2.42. The van der Waals surface area contributed by atoms with Crippen LogP contribution in [0.2, 0.25) is 0 Å². The molecule has 3 N–H and O–H groups in total. The fraction of sp³-hybridized carbons (Fsp3) is 0.550. The molecule has 1 fully saturated rings. The van der Waals surface area contributed by atoms with E-state index in [-0.39, 0.29) is 5.82 Å². The molecular formula is C20H29FN4O. The number of fused-ring (bicyclic) bond motifs is 1. The zero-order valence-electron chi connectivity index (χ0n) is 15.7. The second-order valence-electron chi connectivity index (χ2n) is 7.20. The first-order valence-corrected chi connectivity index (χ1v) is 9.35. The molecule has 1 aromatic heterocycles. The molecule has 0 radical (unpaired) electrons. The summed E-state index contributed by atoms with van der Waals surface area (Å²) >= 11 is 0. The standard InChI is InChI=1S/C20H29FN4O/c1-22-19(25-14-20(7-3-8-20)9-11-26-2)23-10-6-15-13-24-18-5-4-16(21)12-17(15)18/h4-5,12-13,24H,3,6-11,14H2,1-2H3,(H2,22,23,25). The Bertz CT molecular complexity index is 751. The molecule has 2 aromatic rings. The lowest BCUT2D eigenvalue weighted by Crippen LogP contribution is -2.47. The summed E-state index contributed by atoms with van der Waals surface area (Å²) in [5.41, 5.74) is 2.43. The lowest BCUT2D eigenvalue weighted by atomic mass is 9.67. The SMILES string of the molecule is CN=C(NCCc1c[nH]c2ccc(F)cc12)NCC1(CCOC)CCC1. The van der Waals surface area contributed by atoms with Crippen LogP contribution in [0, 0.1) is 11.2 Å². The van der Waals surface area contributed by atoms with Gasteiger partial charge in [-0.1, -0.05) is 6.42 Å². The average Bonchev–Trinajstić information content (AvgIpc) is 3.01. The van der Waals surface area contributed by atoms with Gasteiger partial charge in [-0.05, 0) is 54.9 Å². The molecule has 142 valence electrons. The molecule has 0 unspecified atom stereocenters. The van der Waals surface area contributed by atoms with Gasteiger partial charge >= 0.3 is 0 Å². The molecule has 0 bridgehead atoms. The van der Waals surface area contributed by atoms with E-state index in [0.29, 0.717) is 5.41 Å². The predicted octanol–water partition coefficient (Wildman–Crippen LogP) is 3.22. The van der Waals surface area contributed by atoms with Gasteiger partial charge in [0.25, 0.3) is 0 Å². The smallest absolute Gasteiger partial charge is 0.191 e. The Hall–Kier alpha value is -2.08. The molecule has 6 heteroatoms. The van der Waals surface area contributed by atoms with Gasteiger partial charge in [0.1, 0.15) is 5.82 Å². The summed E-state index contributed by atoms with van der Waals surface area (Å²) in [6.45, 7) is 2.48. The van der Waals surface area contributed by atoms with E-state index < -0.39 is 0 Å². The lowest BCUT2D eigenvalue weighted by molar-refractivity contribution is 0.0732. The fourth-order valence-corrected chi connectivity index (χ4v) is 3.68. The molecule has 1 heterocycles. The van der Waals surface area contributed by atoms with Crippen LogP contribution in [0.25, 0.3) is 10.9 Å². The number of nitrogens with one attached hydrogen (secondary N) is 3. The topological polar surface area (TPSA) is 61.4 Å². The van der Waals surface area contributed by atoms with E-state index in [1.807, 2.05) is 6.20 Å². The van der Waals surface area contributed by atoms with Crippen LogP contribution in [0.4, 0.5) is 4.39 Å². The average molecular weight is 360 g/mol. The summed E-state index contributed by atoms with van der Waals surface area (Å²) in [6.07, 6.45) is 7.65. The highest BCUT2D eigenvalue weighted by Crippen LogP contribution is 2.43. The number of aromatic amines is 1. The van der Waals surface area contributed by atoms with Crippen LogP contribution in [0.3, 0.4) is 0 Å². The van der Waals surface area contributed by atoms with Gasteiger partial charge < -0.3 is 20.4 Å². The van der Waals surface area contributed by atoms with Crippen LogP contribution < -0.4 is 10.6 Å². The maximum atomic E-state index is 13.5. The molecule has 1 aliphatic rings. The normalized spacial score (nSPS) is 16.5. The van der Waals surface area contributed by atoms with Crippen LogP contribution in [-0.4, -0.2) is 44.8 Å². The molecule has 0 spiro atoms. The number of ether oxygens (including phenoxy) is 1. The number of methoxy groups -OCH3 is 1. The zero-order valence-corrected chi connectivity index (χ0v) is 15.7. The van der Waals surface area contributed by atoms with Crippen LogP contribution >= 0.6 is 0 Å². The number of hydrogen-bond donors (Lipinski definition) is 3. The zero-order chi connectivity index (χ0) is 18.4. The van der Waals surface area contributed by atoms with E-state index >= 15 is 0 Å². The van der Waals surface area contributed by atoms with Crippen LogP contribution in [0.5, 0.6) is 0 Å². The van der Waals surface area contributed by atoms with Crippen molar-refractivity contribution < 1.29 is 9.13 Å². The molecule has 5 nitrogen and oxygen atoms in total. The molecule has 3 rings (SSSR count). The second kappa shape index (κ2) is 8.54. The van der Waals surface area contributed by atoms with Gasteiger partial charge in [-0.2, -0.15) is 0 Å². The number of benzene rings is 1. The summed E-state index contributed by atoms with van der Waals surface area (Å²) in [5.74, 6) is 0.616. The molecule has 0 saturated heterocycles.